The molecule has 0 amide bonds. The van der Waals surface area contributed by atoms with E-state index >= 15 is 0 Å². The summed E-state index contributed by atoms with van der Waals surface area (Å²) < 4.78 is 0. The van der Waals surface area contributed by atoms with E-state index in [1.165, 1.54) is 0 Å². The van der Waals surface area contributed by atoms with E-state index in [9.17, 15) is 10.5 Å². The van der Waals surface area contributed by atoms with Crippen LogP contribution < -0.4 is 0 Å². The minimum absolute atomic E-state index is 0.602. The second kappa shape index (κ2) is 12.7. The zero-order valence-corrected chi connectivity index (χ0v) is 26.7. The number of rotatable bonds is 7. The summed E-state index contributed by atoms with van der Waals surface area (Å²) in [7, 11) is 0. The molecule has 0 aliphatic heterocycles. The molecular formula is C46H32N2. The van der Waals surface area contributed by atoms with Crippen molar-refractivity contribution < 1.29 is 0 Å². The molecule has 0 saturated carbocycles. The van der Waals surface area contributed by atoms with Crippen molar-refractivity contribution in [2.24, 2.45) is 0 Å². The van der Waals surface area contributed by atoms with Gasteiger partial charge in [-0.2, -0.15) is 10.5 Å². The Hall–Kier alpha value is -6.48. The summed E-state index contributed by atoms with van der Waals surface area (Å²) in [5.41, 5.74) is 12.8. The maximum Gasteiger partial charge on any atom is 0.100 e. The van der Waals surface area contributed by atoms with Crippen LogP contribution in [0.3, 0.4) is 0 Å². The third-order valence-corrected chi connectivity index (χ3v) is 9.32. The zero-order valence-electron chi connectivity index (χ0n) is 26.7. The van der Waals surface area contributed by atoms with Crippen molar-refractivity contribution in [3.63, 3.8) is 0 Å². The van der Waals surface area contributed by atoms with Crippen LogP contribution in [0.5, 0.6) is 0 Å². The molecular weight excluding hydrogens is 581 g/mol. The molecule has 0 bridgehead atoms. The minimum Gasteiger partial charge on any atom is -0.192 e. The van der Waals surface area contributed by atoms with Gasteiger partial charge in [-0.25, -0.2) is 0 Å². The van der Waals surface area contributed by atoms with Crippen LogP contribution in [0, 0.1) is 22.7 Å². The molecule has 226 valence electrons. The molecule has 0 unspecified atom stereocenters. The lowest BCUT2D eigenvalue weighted by Gasteiger charge is -2.34. The van der Waals surface area contributed by atoms with Crippen molar-refractivity contribution in [2.45, 2.75) is 12.3 Å². The number of allylic oxidation sites excluding steroid dienone is 5. The van der Waals surface area contributed by atoms with Crippen LogP contribution in [0.25, 0.3) is 39.0 Å². The molecule has 6 aromatic carbocycles. The maximum atomic E-state index is 10.5. The molecule has 7 rings (SSSR count). The Balaban J connectivity index is 1.56. The second-order valence-electron chi connectivity index (χ2n) is 11.9. The summed E-state index contributed by atoms with van der Waals surface area (Å²) in [6.07, 6.45) is 7.70. The summed E-state index contributed by atoms with van der Waals surface area (Å²) in [4.78, 5) is 0. The van der Waals surface area contributed by atoms with Crippen LogP contribution in [0.4, 0.5) is 0 Å². The number of fused-ring (bicyclic) bond motifs is 3. The Morgan fingerprint density at radius 2 is 1.27 bits per heavy atom. The first-order valence-corrected chi connectivity index (χ1v) is 16.0. The lowest BCUT2D eigenvalue weighted by molar-refractivity contribution is 0.768. The Kier molecular flexibility index (Phi) is 8.00. The number of hydrogen-bond donors (Lipinski definition) is 0. The predicted molar refractivity (Wildman–Crippen MR) is 197 cm³/mol. The summed E-state index contributed by atoms with van der Waals surface area (Å²) in [6, 6.07) is 53.2. The zero-order chi connectivity index (χ0) is 33.1. The molecule has 2 heteroatoms. The second-order valence-corrected chi connectivity index (χ2v) is 11.9. The van der Waals surface area contributed by atoms with Gasteiger partial charge in [-0.15, -0.1) is 0 Å². The van der Waals surface area contributed by atoms with Crippen LogP contribution in [-0.4, -0.2) is 0 Å². The van der Waals surface area contributed by atoms with Crippen LogP contribution in [0.1, 0.15) is 45.9 Å². The summed E-state index contributed by atoms with van der Waals surface area (Å²) in [5.74, 6) is 0. The average Bonchev–Trinajstić information content (AvgIpc) is 3.46. The Morgan fingerprint density at radius 3 is 1.88 bits per heavy atom. The van der Waals surface area contributed by atoms with Gasteiger partial charge < -0.3 is 0 Å². The quantitative estimate of drug-likeness (QED) is 0.168. The van der Waals surface area contributed by atoms with E-state index < -0.39 is 5.41 Å². The van der Waals surface area contributed by atoms with Gasteiger partial charge >= 0.3 is 0 Å². The van der Waals surface area contributed by atoms with Gasteiger partial charge in [0.05, 0.1) is 22.6 Å². The third kappa shape index (κ3) is 4.80. The van der Waals surface area contributed by atoms with E-state index in [1.54, 1.807) is 6.08 Å². The largest absolute Gasteiger partial charge is 0.192 e. The van der Waals surface area contributed by atoms with Crippen molar-refractivity contribution in [3.05, 3.63) is 209 Å². The molecule has 48 heavy (non-hydrogen) atoms. The van der Waals surface area contributed by atoms with Crippen molar-refractivity contribution in [3.8, 4) is 45.5 Å². The predicted octanol–water partition coefficient (Wildman–Crippen LogP) is 11.3. The van der Waals surface area contributed by atoms with Gasteiger partial charge in [0, 0.05) is 16.7 Å². The molecule has 0 heterocycles. The first-order chi connectivity index (χ1) is 23.6. The molecule has 0 saturated heterocycles. The van der Waals surface area contributed by atoms with Crippen molar-refractivity contribution in [2.75, 3.05) is 0 Å². The highest BCUT2D eigenvalue weighted by Crippen LogP contribution is 2.57. The normalized spacial score (nSPS) is 12.9. The van der Waals surface area contributed by atoms with Crippen molar-refractivity contribution in [1.29, 1.82) is 10.5 Å². The van der Waals surface area contributed by atoms with E-state index in [0.29, 0.717) is 11.1 Å². The van der Waals surface area contributed by atoms with E-state index in [-0.39, 0.29) is 0 Å². The summed E-state index contributed by atoms with van der Waals surface area (Å²) >= 11 is 0. The lowest BCUT2D eigenvalue weighted by atomic mass is 9.67. The summed E-state index contributed by atoms with van der Waals surface area (Å²) in [6.45, 7) is 5.92. The van der Waals surface area contributed by atoms with Gasteiger partial charge in [0.25, 0.3) is 0 Å². The van der Waals surface area contributed by atoms with Gasteiger partial charge in [-0.1, -0.05) is 146 Å². The SMILES string of the molecule is C=C/C=C(\C=C/C)c1cc(-c2ccc3c(c2)-c2c(C#N)cccc2C3(c2ccccc2)c2ccccc2)cc(-c2ccccc2)c1C#N. The highest BCUT2D eigenvalue weighted by Gasteiger charge is 2.47. The Bertz CT molecular complexity index is 2270. The van der Waals surface area contributed by atoms with E-state index in [2.05, 4.69) is 104 Å². The molecule has 0 fully saturated rings. The fourth-order valence-corrected chi connectivity index (χ4v) is 7.36. The average molecular weight is 613 g/mol. The first-order valence-electron chi connectivity index (χ1n) is 16.0. The highest BCUT2D eigenvalue weighted by atomic mass is 14.5. The van der Waals surface area contributed by atoms with Gasteiger partial charge in [-0.3, -0.25) is 0 Å². The molecule has 0 atom stereocenters. The number of nitrogens with zero attached hydrogens (tertiary/aromatic N) is 2. The molecule has 1 aliphatic carbocycles. The fourth-order valence-electron chi connectivity index (χ4n) is 7.36. The number of benzene rings is 6. The first kappa shape index (κ1) is 30.2. The number of nitriles is 2. The van der Waals surface area contributed by atoms with Gasteiger partial charge in [0.15, 0.2) is 0 Å². The van der Waals surface area contributed by atoms with Crippen LogP contribution in [0.2, 0.25) is 0 Å². The smallest absolute Gasteiger partial charge is 0.100 e. The van der Waals surface area contributed by atoms with E-state index in [4.69, 9.17) is 0 Å². The van der Waals surface area contributed by atoms with Crippen molar-refractivity contribution >= 4 is 5.57 Å². The van der Waals surface area contributed by atoms with Gasteiger partial charge in [-0.05, 0) is 81.3 Å². The lowest BCUT2D eigenvalue weighted by Crippen LogP contribution is -2.28. The van der Waals surface area contributed by atoms with Crippen molar-refractivity contribution in [1.82, 2.24) is 0 Å². The molecule has 0 spiro atoms. The molecule has 0 N–H and O–H groups in total. The highest BCUT2D eigenvalue weighted by molar-refractivity contribution is 5.93. The molecule has 0 aromatic heterocycles. The standard InChI is InChI=1S/C46H32N2/c1-3-15-32(16-4-2)39-28-36(29-40(42(39)31-48)33-17-8-5-9-18-33)34-25-26-43-41(27-34)45-35(30-47)19-14-24-44(45)46(43,37-20-10-6-11-21-37)38-22-12-7-13-23-38/h3-29H,1H2,2H3/b16-4-,32-15+. The molecule has 2 nitrogen and oxygen atoms in total. The Labute approximate surface area is 282 Å². The van der Waals surface area contributed by atoms with Crippen LogP contribution in [0.15, 0.2) is 170 Å². The monoisotopic (exact) mass is 612 g/mol. The summed E-state index contributed by atoms with van der Waals surface area (Å²) in [5, 5.41) is 21.0. The number of hydrogen-bond acceptors (Lipinski definition) is 2. The van der Waals surface area contributed by atoms with E-state index in [0.717, 1.165) is 66.8 Å². The fraction of sp³-hybridized carbons (Fsp3) is 0.0435. The minimum atomic E-state index is -0.602. The van der Waals surface area contributed by atoms with Gasteiger partial charge in [0.2, 0.25) is 0 Å². The molecule has 6 aromatic rings. The van der Waals surface area contributed by atoms with Crippen LogP contribution >= 0.6 is 0 Å². The van der Waals surface area contributed by atoms with Gasteiger partial charge in [0.1, 0.15) is 6.07 Å². The molecule has 1 aliphatic rings. The van der Waals surface area contributed by atoms with E-state index in [1.807, 2.05) is 79.7 Å². The topological polar surface area (TPSA) is 47.6 Å². The maximum absolute atomic E-state index is 10.5. The van der Waals surface area contributed by atoms with Crippen LogP contribution in [-0.2, 0) is 5.41 Å². The Morgan fingerprint density at radius 1 is 0.625 bits per heavy atom. The molecule has 0 radical (unpaired) electrons. The third-order valence-electron chi connectivity index (χ3n) is 9.32.